The van der Waals surface area contributed by atoms with E-state index >= 15 is 0 Å². The highest BCUT2D eigenvalue weighted by molar-refractivity contribution is 5.77. The van der Waals surface area contributed by atoms with Crippen molar-refractivity contribution in [3.63, 3.8) is 0 Å². The van der Waals surface area contributed by atoms with E-state index in [2.05, 4.69) is 16.9 Å². The minimum atomic E-state index is 0.481. The first kappa shape index (κ1) is 12.4. The van der Waals surface area contributed by atoms with E-state index in [9.17, 15) is 0 Å². The highest BCUT2D eigenvalue weighted by Gasteiger charge is 2.04. The number of hydrogen-bond donors (Lipinski definition) is 2. The van der Waals surface area contributed by atoms with Crippen LogP contribution in [0.15, 0.2) is 34.8 Å². The summed E-state index contributed by atoms with van der Waals surface area (Å²) >= 11 is 0. The van der Waals surface area contributed by atoms with Gasteiger partial charge in [-0.3, -0.25) is 0 Å². The average molecular weight is 247 g/mol. The Kier molecular flexibility index (Phi) is 3.84. The van der Waals surface area contributed by atoms with E-state index in [1.807, 2.05) is 13.0 Å². The molecule has 18 heavy (non-hydrogen) atoms. The maximum absolute atomic E-state index is 5.66. The van der Waals surface area contributed by atoms with Crippen LogP contribution in [-0.4, -0.2) is 24.7 Å². The first-order valence-corrected chi connectivity index (χ1v) is 5.77. The second-order valence-electron chi connectivity index (χ2n) is 4.18. The number of benzene rings is 1. The minimum absolute atomic E-state index is 0.481. The van der Waals surface area contributed by atoms with E-state index in [1.165, 1.54) is 0 Å². The van der Waals surface area contributed by atoms with Crippen molar-refractivity contribution in [1.29, 1.82) is 0 Å². The van der Waals surface area contributed by atoms with Gasteiger partial charge in [0.1, 0.15) is 5.52 Å². The Morgan fingerprint density at radius 2 is 2.39 bits per heavy atom. The van der Waals surface area contributed by atoms with Crippen LogP contribution < -0.4 is 11.1 Å². The third kappa shape index (κ3) is 3.24. The molecule has 0 radical (unpaired) electrons. The Labute approximate surface area is 106 Å². The van der Waals surface area contributed by atoms with Crippen LogP contribution in [0, 0.1) is 0 Å². The highest BCUT2D eigenvalue weighted by atomic mass is 16.5. The largest absolute Gasteiger partial charge is 0.423 e. The van der Waals surface area contributed by atoms with E-state index < -0.39 is 0 Å². The number of ether oxygens (including phenoxy) is 1. The number of anilines is 2. The van der Waals surface area contributed by atoms with E-state index in [0.29, 0.717) is 37.0 Å². The summed E-state index contributed by atoms with van der Waals surface area (Å²) in [5.74, 6) is 0. The molecule has 0 spiro atoms. The molecule has 2 aromatic rings. The van der Waals surface area contributed by atoms with Crippen LogP contribution in [0.5, 0.6) is 0 Å². The van der Waals surface area contributed by atoms with Gasteiger partial charge in [-0.25, -0.2) is 0 Å². The second kappa shape index (κ2) is 5.55. The number of hydrogen-bond acceptors (Lipinski definition) is 5. The molecule has 2 rings (SSSR count). The van der Waals surface area contributed by atoms with Gasteiger partial charge in [0.2, 0.25) is 0 Å². The summed E-state index contributed by atoms with van der Waals surface area (Å²) < 4.78 is 10.9. The first-order valence-electron chi connectivity index (χ1n) is 5.77. The summed E-state index contributed by atoms with van der Waals surface area (Å²) in [7, 11) is 0. The molecule has 0 aliphatic heterocycles. The van der Waals surface area contributed by atoms with Gasteiger partial charge in [-0.15, -0.1) is 0 Å². The van der Waals surface area contributed by atoms with Crippen molar-refractivity contribution in [3.05, 3.63) is 30.4 Å². The van der Waals surface area contributed by atoms with Crippen molar-refractivity contribution in [2.75, 3.05) is 30.8 Å². The molecule has 0 atom stereocenters. The zero-order valence-electron chi connectivity index (χ0n) is 10.4. The van der Waals surface area contributed by atoms with Crippen molar-refractivity contribution >= 4 is 22.8 Å². The van der Waals surface area contributed by atoms with Gasteiger partial charge < -0.3 is 20.2 Å². The monoisotopic (exact) mass is 247 g/mol. The standard InChI is InChI=1S/C13H17N3O2/c1-9(2)8-17-6-5-15-13-16-11-4-3-10(14)7-12(11)18-13/h3-4,7H,1,5-6,8,14H2,2H3,(H,15,16). The summed E-state index contributed by atoms with van der Waals surface area (Å²) in [6.45, 7) is 7.48. The second-order valence-corrected chi connectivity index (χ2v) is 4.18. The third-order valence-corrected chi connectivity index (χ3v) is 2.28. The number of nitrogens with one attached hydrogen (secondary N) is 1. The summed E-state index contributed by atoms with van der Waals surface area (Å²) in [5, 5.41) is 3.05. The van der Waals surface area contributed by atoms with Gasteiger partial charge in [0.15, 0.2) is 5.58 Å². The highest BCUT2D eigenvalue weighted by Crippen LogP contribution is 2.20. The Morgan fingerprint density at radius 3 is 3.17 bits per heavy atom. The molecule has 0 aliphatic rings. The molecule has 3 N–H and O–H groups in total. The number of nitrogen functional groups attached to an aromatic ring is 1. The van der Waals surface area contributed by atoms with Crippen LogP contribution in [0.25, 0.3) is 11.1 Å². The predicted octanol–water partition coefficient (Wildman–Crippen LogP) is 2.41. The number of aromatic nitrogens is 1. The van der Waals surface area contributed by atoms with Crippen LogP contribution in [-0.2, 0) is 4.74 Å². The van der Waals surface area contributed by atoms with Gasteiger partial charge >= 0.3 is 0 Å². The molecule has 5 nitrogen and oxygen atoms in total. The molecule has 0 saturated heterocycles. The minimum Gasteiger partial charge on any atom is -0.423 e. The van der Waals surface area contributed by atoms with Crippen molar-refractivity contribution in [2.24, 2.45) is 0 Å². The molecule has 0 amide bonds. The lowest BCUT2D eigenvalue weighted by atomic mass is 10.3. The lowest BCUT2D eigenvalue weighted by molar-refractivity contribution is 0.166. The number of nitrogens with two attached hydrogens (primary N) is 1. The molecule has 96 valence electrons. The molecule has 0 fully saturated rings. The normalized spacial score (nSPS) is 10.7. The van der Waals surface area contributed by atoms with Crippen LogP contribution in [0.2, 0.25) is 0 Å². The van der Waals surface area contributed by atoms with Crippen molar-refractivity contribution < 1.29 is 9.15 Å². The van der Waals surface area contributed by atoms with Gasteiger partial charge in [0, 0.05) is 18.3 Å². The molecular formula is C13H17N3O2. The lowest BCUT2D eigenvalue weighted by Crippen LogP contribution is -2.10. The molecule has 1 aromatic heterocycles. The molecule has 0 unspecified atom stereocenters. The van der Waals surface area contributed by atoms with E-state index in [-0.39, 0.29) is 0 Å². The maximum Gasteiger partial charge on any atom is 0.295 e. The topological polar surface area (TPSA) is 73.3 Å². The fourth-order valence-corrected chi connectivity index (χ4v) is 1.49. The Balaban J connectivity index is 1.86. The smallest absolute Gasteiger partial charge is 0.295 e. The Bertz CT molecular complexity index is 548. The molecule has 5 heteroatoms. The van der Waals surface area contributed by atoms with Gasteiger partial charge in [-0.05, 0) is 19.1 Å². The molecule has 0 bridgehead atoms. The van der Waals surface area contributed by atoms with Gasteiger partial charge in [-0.1, -0.05) is 12.2 Å². The zero-order chi connectivity index (χ0) is 13.0. The molecule has 0 saturated carbocycles. The van der Waals surface area contributed by atoms with Gasteiger partial charge in [0.25, 0.3) is 6.01 Å². The molecule has 1 heterocycles. The number of oxazole rings is 1. The fourth-order valence-electron chi connectivity index (χ4n) is 1.49. The van der Waals surface area contributed by atoms with Gasteiger partial charge in [-0.2, -0.15) is 4.98 Å². The van der Waals surface area contributed by atoms with Crippen molar-refractivity contribution in [3.8, 4) is 0 Å². The first-order chi connectivity index (χ1) is 8.65. The van der Waals surface area contributed by atoms with Crippen LogP contribution in [0.3, 0.4) is 0 Å². The predicted molar refractivity (Wildman–Crippen MR) is 72.5 cm³/mol. The van der Waals surface area contributed by atoms with Gasteiger partial charge in [0.05, 0.1) is 13.2 Å². The average Bonchev–Trinajstić information content (AvgIpc) is 2.70. The molecule has 1 aromatic carbocycles. The Morgan fingerprint density at radius 1 is 1.56 bits per heavy atom. The van der Waals surface area contributed by atoms with E-state index in [4.69, 9.17) is 14.9 Å². The van der Waals surface area contributed by atoms with E-state index in [0.717, 1.165) is 11.1 Å². The van der Waals surface area contributed by atoms with Crippen LogP contribution in [0.1, 0.15) is 6.92 Å². The number of nitrogens with zero attached hydrogens (tertiary/aromatic N) is 1. The lowest BCUT2D eigenvalue weighted by Gasteiger charge is -2.03. The number of rotatable bonds is 6. The SMILES string of the molecule is C=C(C)COCCNc1nc2ccc(N)cc2o1. The van der Waals surface area contributed by atoms with Crippen molar-refractivity contribution in [1.82, 2.24) is 4.98 Å². The van der Waals surface area contributed by atoms with E-state index in [1.54, 1.807) is 12.1 Å². The summed E-state index contributed by atoms with van der Waals surface area (Å²) in [4.78, 5) is 4.28. The van der Waals surface area contributed by atoms with Crippen LogP contribution in [0.4, 0.5) is 11.7 Å². The van der Waals surface area contributed by atoms with Crippen LogP contribution >= 0.6 is 0 Å². The zero-order valence-corrected chi connectivity index (χ0v) is 10.4. The molecule has 0 aliphatic carbocycles. The summed E-state index contributed by atoms with van der Waals surface area (Å²) in [6, 6.07) is 5.86. The quantitative estimate of drug-likeness (QED) is 0.466. The Hall–Kier alpha value is -2.01. The maximum atomic E-state index is 5.66. The number of fused-ring (bicyclic) bond motifs is 1. The van der Waals surface area contributed by atoms with Crippen molar-refractivity contribution in [2.45, 2.75) is 6.92 Å². The summed E-state index contributed by atoms with van der Waals surface area (Å²) in [5.41, 5.74) is 8.80. The summed E-state index contributed by atoms with van der Waals surface area (Å²) in [6.07, 6.45) is 0. The fraction of sp³-hybridized carbons (Fsp3) is 0.308. The third-order valence-electron chi connectivity index (χ3n) is 2.28. The molecular weight excluding hydrogens is 230 g/mol.